The number of nitrogens with two attached hydrogens (primary N) is 1. The van der Waals surface area contributed by atoms with Crippen molar-refractivity contribution in [2.45, 2.75) is 25.9 Å². The summed E-state index contributed by atoms with van der Waals surface area (Å²) >= 11 is 12.1. The van der Waals surface area contributed by atoms with E-state index in [1.165, 1.54) is 28.0 Å². The Bertz CT molecular complexity index is 1290. The van der Waals surface area contributed by atoms with Gasteiger partial charge in [0.15, 0.2) is 6.17 Å². The number of hydrogen-bond donors (Lipinski definition) is 2. The second-order valence-electron chi connectivity index (χ2n) is 8.48. The van der Waals surface area contributed by atoms with Gasteiger partial charge in [-0.2, -0.15) is 0 Å². The summed E-state index contributed by atoms with van der Waals surface area (Å²) in [7, 11) is 0. The molecule has 1 unspecified atom stereocenters. The van der Waals surface area contributed by atoms with Crippen molar-refractivity contribution in [1.29, 1.82) is 0 Å². The Morgan fingerprint density at radius 1 is 0.865 bits per heavy atom. The number of carbonyl (C=O) groups excluding carboxylic acids is 3. The zero-order valence-corrected chi connectivity index (χ0v) is 21.4. The van der Waals surface area contributed by atoms with E-state index in [0.717, 1.165) is 16.7 Å². The zero-order valence-electron chi connectivity index (χ0n) is 19.9. The van der Waals surface area contributed by atoms with Crippen LogP contribution in [-0.2, 0) is 29.2 Å². The van der Waals surface area contributed by atoms with Crippen LogP contribution in [0.25, 0.3) is 0 Å². The molecule has 3 N–H and O–H groups in total. The predicted octanol–water partition coefficient (Wildman–Crippen LogP) is 4.19. The Hall–Kier alpha value is -3.59. The molecule has 1 saturated heterocycles. The average Bonchev–Trinajstić information content (AvgIpc) is 3.37. The average molecular weight is 541 g/mol. The molecule has 37 heavy (non-hydrogen) atoms. The molecule has 1 aliphatic heterocycles. The van der Waals surface area contributed by atoms with Crippen LogP contribution in [-0.4, -0.2) is 47.0 Å². The highest BCUT2D eigenvalue weighted by Gasteiger charge is 2.43. The van der Waals surface area contributed by atoms with Gasteiger partial charge in [0, 0.05) is 31.7 Å². The third kappa shape index (κ3) is 6.40. The van der Waals surface area contributed by atoms with E-state index >= 15 is 0 Å². The van der Waals surface area contributed by atoms with Crippen molar-refractivity contribution in [3.63, 3.8) is 0 Å². The number of carbonyl (C=O) groups is 3. The molecule has 8 nitrogen and oxygen atoms in total. The molecule has 192 valence electrons. The number of amides is 3. The van der Waals surface area contributed by atoms with Crippen LogP contribution in [0, 0.1) is 0 Å². The van der Waals surface area contributed by atoms with Crippen molar-refractivity contribution in [3.05, 3.63) is 105 Å². The van der Waals surface area contributed by atoms with Crippen molar-refractivity contribution >= 4 is 41.1 Å². The summed E-state index contributed by atoms with van der Waals surface area (Å²) in [4.78, 5) is 42.4. The second-order valence-corrected chi connectivity index (χ2v) is 9.29. The normalized spacial score (nSPS) is 14.9. The van der Waals surface area contributed by atoms with Crippen molar-refractivity contribution in [1.82, 2.24) is 15.1 Å². The first-order valence-electron chi connectivity index (χ1n) is 11.7. The van der Waals surface area contributed by atoms with Crippen LogP contribution in [0.1, 0.15) is 27.0 Å². The van der Waals surface area contributed by atoms with Crippen molar-refractivity contribution in [2.75, 3.05) is 13.1 Å². The SMILES string of the molecule is NCc1cccc(CNC(=O)C2N(C(=O)OCc3ccccc3)CCN2C(=O)c2ccc(Cl)c(Cl)c2)c1. The molecule has 1 aliphatic rings. The molecule has 1 atom stereocenters. The Balaban J connectivity index is 1.54. The Morgan fingerprint density at radius 3 is 2.30 bits per heavy atom. The maximum atomic E-state index is 13.4. The predicted molar refractivity (Wildman–Crippen MR) is 141 cm³/mol. The lowest BCUT2D eigenvalue weighted by Gasteiger charge is -2.28. The molecule has 0 spiro atoms. The van der Waals surface area contributed by atoms with Gasteiger partial charge in [-0.05, 0) is 34.9 Å². The topological polar surface area (TPSA) is 105 Å². The molecule has 4 rings (SSSR count). The summed E-state index contributed by atoms with van der Waals surface area (Å²) < 4.78 is 5.47. The van der Waals surface area contributed by atoms with Gasteiger partial charge in [-0.15, -0.1) is 0 Å². The van der Waals surface area contributed by atoms with E-state index < -0.39 is 24.1 Å². The second kappa shape index (κ2) is 12.1. The van der Waals surface area contributed by atoms with Crippen molar-refractivity contribution < 1.29 is 19.1 Å². The monoisotopic (exact) mass is 540 g/mol. The van der Waals surface area contributed by atoms with E-state index in [1.54, 1.807) is 0 Å². The van der Waals surface area contributed by atoms with Gasteiger partial charge in [-0.3, -0.25) is 14.5 Å². The Kier molecular flexibility index (Phi) is 8.66. The van der Waals surface area contributed by atoms with Gasteiger partial charge in [0.2, 0.25) is 0 Å². The largest absolute Gasteiger partial charge is 0.444 e. The number of nitrogens with one attached hydrogen (secondary N) is 1. The van der Waals surface area contributed by atoms with Gasteiger partial charge in [0.1, 0.15) is 6.61 Å². The van der Waals surface area contributed by atoms with E-state index in [1.807, 2.05) is 54.6 Å². The van der Waals surface area contributed by atoms with E-state index in [4.69, 9.17) is 33.7 Å². The molecule has 0 aromatic heterocycles. The number of hydrogen-bond acceptors (Lipinski definition) is 5. The number of ether oxygens (including phenoxy) is 1. The van der Waals surface area contributed by atoms with E-state index in [0.29, 0.717) is 11.6 Å². The molecular weight excluding hydrogens is 515 g/mol. The minimum atomic E-state index is -1.21. The maximum Gasteiger partial charge on any atom is 0.412 e. The number of benzene rings is 3. The molecular formula is C27H26Cl2N4O4. The summed E-state index contributed by atoms with van der Waals surface area (Å²) in [5, 5.41) is 3.36. The fraction of sp³-hybridized carbons (Fsp3) is 0.222. The molecule has 3 aromatic carbocycles. The Labute approximate surface area is 224 Å². The highest BCUT2D eigenvalue weighted by atomic mass is 35.5. The van der Waals surface area contributed by atoms with Crippen LogP contribution in [0.15, 0.2) is 72.8 Å². The van der Waals surface area contributed by atoms with Gasteiger partial charge in [-0.1, -0.05) is 77.8 Å². The van der Waals surface area contributed by atoms with Crippen LogP contribution in [0.2, 0.25) is 10.0 Å². The number of rotatable bonds is 7. The van der Waals surface area contributed by atoms with Crippen molar-refractivity contribution in [2.24, 2.45) is 5.73 Å². The summed E-state index contributed by atoms with van der Waals surface area (Å²) in [6, 6.07) is 21.2. The minimum absolute atomic E-state index is 0.0388. The summed E-state index contributed by atoms with van der Waals surface area (Å²) in [6.45, 7) is 0.876. The third-order valence-electron chi connectivity index (χ3n) is 5.97. The lowest BCUT2D eigenvalue weighted by molar-refractivity contribution is -0.128. The van der Waals surface area contributed by atoms with E-state index in [9.17, 15) is 14.4 Å². The smallest absolute Gasteiger partial charge is 0.412 e. The molecule has 3 aromatic rings. The third-order valence-corrected chi connectivity index (χ3v) is 6.71. The van der Waals surface area contributed by atoms with E-state index in [-0.39, 0.29) is 36.8 Å². The molecule has 0 radical (unpaired) electrons. The fourth-order valence-corrected chi connectivity index (χ4v) is 4.36. The zero-order chi connectivity index (χ0) is 26.4. The minimum Gasteiger partial charge on any atom is -0.444 e. The van der Waals surface area contributed by atoms with Crippen LogP contribution in [0.4, 0.5) is 4.79 Å². The van der Waals surface area contributed by atoms with Gasteiger partial charge in [0.05, 0.1) is 10.0 Å². The van der Waals surface area contributed by atoms with E-state index in [2.05, 4.69) is 5.32 Å². The van der Waals surface area contributed by atoms with Gasteiger partial charge < -0.3 is 20.7 Å². The van der Waals surface area contributed by atoms with Crippen LogP contribution in [0.5, 0.6) is 0 Å². The number of halogens is 2. The van der Waals surface area contributed by atoms with Crippen LogP contribution in [0.3, 0.4) is 0 Å². The lowest BCUT2D eigenvalue weighted by Crippen LogP contribution is -2.53. The van der Waals surface area contributed by atoms with Gasteiger partial charge in [0.25, 0.3) is 11.8 Å². The highest BCUT2D eigenvalue weighted by Crippen LogP contribution is 2.26. The van der Waals surface area contributed by atoms with Crippen molar-refractivity contribution in [3.8, 4) is 0 Å². The molecule has 0 aliphatic carbocycles. The summed E-state index contributed by atoms with van der Waals surface area (Å²) in [5.74, 6) is -0.970. The summed E-state index contributed by atoms with van der Waals surface area (Å²) in [6.07, 6.45) is -1.90. The first-order valence-corrected chi connectivity index (χ1v) is 12.4. The first-order chi connectivity index (χ1) is 17.9. The van der Waals surface area contributed by atoms with Crippen LogP contribution >= 0.6 is 23.2 Å². The molecule has 1 fully saturated rings. The quantitative estimate of drug-likeness (QED) is 0.467. The highest BCUT2D eigenvalue weighted by molar-refractivity contribution is 6.42. The molecule has 3 amide bonds. The maximum absolute atomic E-state index is 13.4. The fourth-order valence-electron chi connectivity index (χ4n) is 4.06. The van der Waals surface area contributed by atoms with Gasteiger partial charge in [-0.25, -0.2) is 4.79 Å². The lowest BCUT2D eigenvalue weighted by atomic mass is 10.1. The number of nitrogens with zero attached hydrogens (tertiary/aromatic N) is 2. The molecule has 10 heteroatoms. The molecule has 0 saturated carbocycles. The first kappa shape index (κ1) is 26.5. The Morgan fingerprint density at radius 2 is 1.57 bits per heavy atom. The summed E-state index contributed by atoms with van der Waals surface area (Å²) in [5.41, 5.74) is 8.54. The standard InChI is InChI=1S/C27H26Cl2N4O4/c28-22-10-9-21(14-23(22)29)26(35)32-11-12-33(27(36)37-17-18-5-2-1-3-6-18)25(32)24(34)31-16-20-8-4-7-19(13-20)15-30/h1-10,13-14,25H,11-12,15-17,30H2,(H,31,34). The molecule has 0 bridgehead atoms. The molecule has 1 heterocycles. The van der Waals surface area contributed by atoms with Crippen LogP contribution < -0.4 is 11.1 Å². The van der Waals surface area contributed by atoms with Gasteiger partial charge >= 0.3 is 6.09 Å².